The Balaban J connectivity index is 2.08. The summed E-state index contributed by atoms with van der Waals surface area (Å²) in [6.45, 7) is 4.21. The van der Waals surface area contributed by atoms with Gasteiger partial charge in [-0.25, -0.2) is 4.98 Å². The van der Waals surface area contributed by atoms with E-state index < -0.39 is 0 Å². The number of nitrogens with zero attached hydrogens (tertiary/aromatic N) is 4. The van der Waals surface area contributed by atoms with Crippen molar-refractivity contribution < 1.29 is 0 Å². The zero-order valence-electron chi connectivity index (χ0n) is 12.3. The molecule has 0 spiro atoms. The summed E-state index contributed by atoms with van der Waals surface area (Å²) >= 11 is 1.66. The van der Waals surface area contributed by atoms with Crippen molar-refractivity contribution in [3.8, 4) is 0 Å². The van der Waals surface area contributed by atoms with Crippen LogP contribution in [0.1, 0.15) is 24.4 Å². The first-order valence-corrected chi connectivity index (χ1v) is 7.77. The fraction of sp³-hybridized carbons (Fsp3) is 0.357. The van der Waals surface area contributed by atoms with E-state index in [-0.39, 0.29) is 5.95 Å². The fourth-order valence-corrected chi connectivity index (χ4v) is 3.26. The molecular weight excluding hydrogens is 284 g/mol. The molecule has 0 unspecified atom stereocenters. The fourth-order valence-electron chi connectivity index (χ4n) is 2.28. The van der Waals surface area contributed by atoms with Crippen molar-refractivity contribution in [2.45, 2.75) is 26.7 Å². The van der Waals surface area contributed by atoms with Crippen LogP contribution in [-0.2, 0) is 19.9 Å². The maximum Gasteiger partial charge on any atom is 0.223 e. The number of aryl methyl sites for hydroxylation is 3. The molecule has 0 aliphatic rings. The van der Waals surface area contributed by atoms with Crippen LogP contribution < -0.4 is 11.1 Å². The Morgan fingerprint density at radius 2 is 2.10 bits per heavy atom. The Hall–Kier alpha value is -2.15. The van der Waals surface area contributed by atoms with E-state index in [0.29, 0.717) is 0 Å². The van der Waals surface area contributed by atoms with Crippen LogP contribution >= 0.6 is 11.3 Å². The van der Waals surface area contributed by atoms with Gasteiger partial charge in [-0.2, -0.15) is 10.1 Å². The SMILES string of the molecule is CCc1cc2c(Nc3cn(C)nc3CC)nc(N)nc2s1. The van der Waals surface area contributed by atoms with Crippen LogP contribution in [-0.4, -0.2) is 19.7 Å². The number of rotatable bonds is 4. The Bertz CT molecular complexity index is 788. The van der Waals surface area contributed by atoms with E-state index in [0.717, 1.165) is 40.3 Å². The molecule has 0 aliphatic carbocycles. The van der Waals surface area contributed by atoms with E-state index in [1.807, 2.05) is 13.2 Å². The van der Waals surface area contributed by atoms with Crippen molar-refractivity contribution in [3.05, 3.63) is 22.8 Å². The molecule has 3 heterocycles. The third-order valence-electron chi connectivity index (χ3n) is 3.30. The zero-order valence-corrected chi connectivity index (χ0v) is 13.2. The van der Waals surface area contributed by atoms with Crippen molar-refractivity contribution in [2.24, 2.45) is 7.05 Å². The highest BCUT2D eigenvalue weighted by Crippen LogP contribution is 2.32. The molecule has 0 amide bonds. The van der Waals surface area contributed by atoms with Crippen LogP contribution in [0, 0.1) is 0 Å². The standard InChI is InChI=1S/C14H18N6S/c1-4-8-6-9-12(17-14(15)18-13(9)21-8)16-11-7-20(3)19-10(11)5-2/h6-7H,4-5H2,1-3H3,(H3,15,16,17,18). The molecule has 0 saturated heterocycles. The van der Waals surface area contributed by atoms with Gasteiger partial charge in [0.25, 0.3) is 0 Å². The van der Waals surface area contributed by atoms with Gasteiger partial charge in [0.15, 0.2) is 0 Å². The molecule has 0 aromatic carbocycles. The van der Waals surface area contributed by atoms with Gasteiger partial charge < -0.3 is 11.1 Å². The molecule has 21 heavy (non-hydrogen) atoms. The summed E-state index contributed by atoms with van der Waals surface area (Å²) in [6, 6.07) is 2.13. The van der Waals surface area contributed by atoms with Crippen molar-refractivity contribution in [1.29, 1.82) is 0 Å². The van der Waals surface area contributed by atoms with Gasteiger partial charge in [0, 0.05) is 18.1 Å². The smallest absolute Gasteiger partial charge is 0.223 e. The number of aromatic nitrogens is 4. The lowest BCUT2D eigenvalue weighted by atomic mass is 10.2. The van der Waals surface area contributed by atoms with Gasteiger partial charge in [-0.15, -0.1) is 11.3 Å². The van der Waals surface area contributed by atoms with Crippen LogP contribution in [0.15, 0.2) is 12.3 Å². The first kappa shape index (κ1) is 13.8. The highest BCUT2D eigenvalue weighted by atomic mass is 32.1. The van der Waals surface area contributed by atoms with Crippen molar-refractivity contribution in [2.75, 3.05) is 11.1 Å². The summed E-state index contributed by atoms with van der Waals surface area (Å²) in [6.07, 6.45) is 3.79. The van der Waals surface area contributed by atoms with E-state index in [1.54, 1.807) is 16.0 Å². The number of nitrogens with two attached hydrogens (primary N) is 1. The molecule has 0 aliphatic heterocycles. The third kappa shape index (κ3) is 2.56. The second kappa shape index (κ2) is 5.33. The van der Waals surface area contributed by atoms with E-state index >= 15 is 0 Å². The van der Waals surface area contributed by atoms with Crippen LogP contribution in [0.5, 0.6) is 0 Å². The summed E-state index contributed by atoms with van der Waals surface area (Å²) in [5.41, 5.74) is 7.80. The maximum absolute atomic E-state index is 5.83. The molecule has 3 rings (SSSR count). The summed E-state index contributed by atoms with van der Waals surface area (Å²) in [5, 5.41) is 8.80. The van der Waals surface area contributed by atoms with Crippen molar-refractivity contribution >= 4 is 39.0 Å². The molecule has 3 aromatic rings. The first-order valence-electron chi connectivity index (χ1n) is 6.96. The minimum Gasteiger partial charge on any atom is -0.368 e. The minimum atomic E-state index is 0.288. The van der Waals surface area contributed by atoms with Crippen LogP contribution in [0.3, 0.4) is 0 Å². The van der Waals surface area contributed by atoms with Gasteiger partial charge in [-0.3, -0.25) is 4.68 Å². The lowest BCUT2D eigenvalue weighted by Gasteiger charge is -2.06. The highest BCUT2D eigenvalue weighted by Gasteiger charge is 2.13. The number of fused-ring (bicyclic) bond motifs is 1. The second-order valence-corrected chi connectivity index (χ2v) is 5.97. The first-order chi connectivity index (χ1) is 10.1. The quantitative estimate of drug-likeness (QED) is 0.774. The predicted molar refractivity (Wildman–Crippen MR) is 87.1 cm³/mol. The van der Waals surface area contributed by atoms with Crippen LogP contribution in [0.4, 0.5) is 17.5 Å². The van der Waals surface area contributed by atoms with Gasteiger partial charge in [0.2, 0.25) is 5.95 Å². The molecule has 110 valence electrons. The summed E-state index contributed by atoms with van der Waals surface area (Å²) in [4.78, 5) is 10.9. The molecule has 7 heteroatoms. The molecule has 0 saturated carbocycles. The van der Waals surface area contributed by atoms with Gasteiger partial charge in [0.1, 0.15) is 10.6 Å². The normalized spacial score (nSPS) is 11.2. The number of hydrogen-bond donors (Lipinski definition) is 2. The molecule has 0 fully saturated rings. The highest BCUT2D eigenvalue weighted by molar-refractivity contribution is 7.18. The average Bonchev–Trinajstić information content (AvgIpc) is 3.01. The van der Waals surface area contributed by atoms with Crippen molar-refractivity contribution in [3.63, 3.8) is 0 Å². The number of nitrogens with one attached hydrogen (secondary N) is 1. The Morgan fingerprint density at radius 1 is 1.29 bits per heavy atom. The summed E-state index contributed by atoms with van der Waals surface area (Å²) in [7, 11) is 1.91. The van der Waals surface area contributed by atoms with Gasteiger partial charge in [-0.1, -0.05) is 13.8 Å². The third-order valence-corrected chi connectivity index (χ3v) is 4.48. The van der Waals surface area contributed by atoms with Crippen LogP contribution in [0.2, 0.25) is 0 Å². The molecule has 6 nitrogen and oxygen atoms in total. The molecule has 0 radical (unpaired) electrons. The van der Waals surface area contributed by atoms with E-state index in [9.17, 15) is 0 Å². The number of thiophene rings is 1. The molecule has 3 aromatic heterocycles. The van der Waals surface area contributed by atoms with Crippen molar-refractivity contribution in [1.82, 2.24) is 19.7 Å². The number of nitrogen functional groups attached to an aromatic ring is 1. The Kier molecular flexibility index (Phi) is 3.50. The van der Waals surface area contributed by atoms with Gasteiger partial charge in [0.05, 0.1) is 16.8 Å². The topological polar surface area (TPSA) is 81.7 Å². The monoisotopic (exact) mass is 302 g/mol. The number of hydrogen-bond acceptors (Lipinski definition) is 6. The molecule has 3 N–H and O–H groups in total. The van der Waals surface area contributed by atoms with E-state index in [2.05, 4.69) is 40.3 Å². The summed E-state index contributed by atoms with van der Waals surface area (Å²) < 4.78 is 1.80. The molecular formula is C14H18N6S. The lowest BCUT2D eigenvalue weighted by molar-refractivity contribution is 0.746. The Labute approximate surface area is 127 Å². The van der Waals surface area contributed by atoms with Gasteiger partial charge >= 0.3 is 0 Å². The summed E-state index contributed by atoms with van der Waals surface area (Å²) in [5.74, 6) is 1.03. The largest absolute Gasteiger partial charge is 0.368 e. The minimum absolute atomic E-state index is 0.288. The van der Waals surface area contributed by atoms with Crippen LogP contribution in [0.25, 0.3) is 10.2 Å². The van der Waals surface area contributed by atoms with E-state index in [1.165, 1.54) is 4.88 Å². The maximum atomic E-state index is 5.83. The van der Waals surface area contributed by atoms with E-state index in [4.69, 9.17) is 5.73 Å². The Morgan fingerprint density at radius 3 is 2.81 bits per heavy atom. The number of anilines is 3. The average molecular weight is 302 g/mol. The molecule has 0 atom stereocenters. The van der Waals surface area contributed by atoms with Gasteiger partial charge in [-0.05, 0) is 18.9 Å². The predicted octanol–water partition coefficient (Wildman–Crippen LogP) is 2.88. The lowest BCUT2D eigenvalue weighted by Crippen LogP contribution is -2.01. The second-order valence-electron chi connectivity index (χ2n) is 4.86. The zero-order chi connectivity index (χ0) is 15.0. The molecule has 0 bridgehead atoms.